The van der Waals surface area contributed by atoms with Gasteiger partial charge in [0.1, 0.15) is 0 Å². The van der Waals surface area contributed by atoms with Gasteiger partial charge in [0.25, 0.3) is 0 Å². The van der Waals surface area contributed by atoms with E-state index in [0.29, 0.717) is 0 Å². The van der Waals surface area contributed by atoms with Crippen LogP contribution in [0.15, 0.2) is 30.3 Å². The van der Waals surface area contributed by atoms with Gasteiger partial charge in [0.05, 0.1) is 0 Å². The van der Waals surface area contributed by atoms with Crippen LogP contribution in [0.3, 0.4) is 0 Å². The van der Waals surface area contributed by atoms with Gasteiger partial charge < -0.3 is 16.0 Å². The lowest BCUT2D eigenvalue weighted by molar-refractivity contribution is 0.233. The van der Waals surface area contributed by atoms with Crippen molar-refractivity contribution < 1.29 is 0 Å². The first-order chi connectivity index (χ1) is 7.86. The second kappa shape index (κ2) is 5.99. The summed E-state index contributed by atoms with van der Waals surface area (Å²) in [6.45, 7) is 5.64. The van der Waals surface area contributed by atoms with Crippen molar-refractivity contribution in [3.63, 3.8) is 0 Å². The fourth-order valence-corrected chi connectivity index (χ4v) is 2.12. The molecule has 0 spiro atoms. The van der Waals surface area contributed by atoms with E-state index in [1.807, 2.05) is 6.07 Å². The average molecular weight is 219 g/mol. The van der Waals surface area contributed by atoms with Gasteiger partial charge in [-0.05, 0) is 12.0 Å². The van der Waals surface area contributed by atoms with Crippen molar-refractivity contribution in [2.45, 2.75) is 12.5 Å². The molecule has 3 heteroatoms. The highest BCUT2D eigenvalue weighted by atomic mass is 15.2. The lowest BCUT2D eigenvalue weighted by Crippen LogP contribution is -2.44. The van der Waals surface area contributed by atoms with Gasteiger partial charge in [-0.2, -0.15) is 0 Å². The summed E-state index contributed by atoms with van der Waals surface area (Å²) in [5.41, 5.74) is 7.42. The largest absolute Gasteiger partial charge is 0.324 e. The Kier molecular flexibility index (Phi) is 4.34. The van der Waals surface area contributed by atoms with Gasteiger partial charge in [-0.15, -0.1) is 0 Å². The summed E-state index contributed by atoms with van der Waals surface area (Å²) in [5.74, 6) is 0. The van der Waals surface area contributed by atoms with Crippen molar-refractivity contribution in [3.05, 3.63) is 35.9 Å². The molecular weight excluding hydrogens is 198 g/mol. The fourth-order valence-electron chi connectivity index (χ4n) is 2.12. The minimum Gasteiger partial charge on any atom is -0.324 e. The number of nitrogens with two attached hydrogens (primary N) is 1. The Morgan fingerprint density at radius 3 is 2.56 bits per heavy atom. The van der Waals surface area contributed by atoms with Gasteiger partial charge in [0, 0.05) is 38.8 Å². The van der Waals surface area contributed by atoms with E-state index >= 15 is 0 Å². The van der Waals surface area contributed by atoms with Gasteiger partial charge in [0.2, 0.25) is 0 Å². The van der Waals surface area contributed by atoms with Gasteiger partial charge in [-0.25, -0.2) is 0 Å². The summed E-state index contributed by atoms with van der Waals surface area (Å²) in [6.07, 6.45) is 1.05. The fraction of sp³-hybridized carbons (Fsp3) is 0.538. The Balaban J connectivity index is 1.77. The second-order valence-corrected chi connectivity index (χ2v) is 4.40. The predicted molar refractivity (Wildman–Crippen MR) is 67.3 cm³/mol. The van der Waals surface area contributed by atoms with E-state index in [0.717, 1.165) is 39.1 Å². The zero-order chi connectivity index (χ0) is 11.2. The zero-order valence-corrected chi connectivity index (χ0v) is 9.73. The van der Waals surface area contributed by atoms with Crippen LogP contribution >= 0.6 is 0 Å². The van der Waals surface area contributed by atoms with Gasteiger partial charge in [0.15, 0.2) is 0 Å². The molecule has 2 rings (SSSR count). The summed E-state index contributed by atoms with van der Waals surface area (Å²) < 4.78 is 0. The second-order valence-electron chi connectivity index (χ2n) is 4.40. The van der Waals surface area contributed by atoms with Crippen LogP contribution < -0.4 is 11.1 Å². The molecule has 1 aromatic carbocycles. The lowest BCUT2D eigenvalue weighted by Gasteiger charge is -2.28. The lowest BCUT2D eigenvalue weighted by atomic mass is 10.0. The van der Waals surface area contributed by atoms with E-state index in [2.05, 4.69) is 34.5 Å². The van der Waals surface area contributed by atoms with Crippen LogP contribution in [0.2, 0.25) is 0 Å². The maximum Gasteiger partial charge on any atom is 0.0307 e. The zero-order valence-electron chi connectivity index (χ0n) is 9.73. The Hall–Kier alpha value is -0.900. The molecule has 0 saturated carbocycles. The number of hydrogen-bond donors (Lipinski definition) is 2. The monoisotopic (exact) mass is 219 g/mol. The molecule has 0 unspecified atom stereocenters. The molecule has 16 heavy (non-hydrogen) atoms. The minimum atomic E-state index is 0.177. The quantitative estimate of drug-likeness (QED) is 0.793. The third kappa shape index (κ3) is 3.30. The Labute approximate surface area is 97.6 Å². The average Bonchev–Trinajstić information content (AvgIpc) is 2.38. The molecular formula is C13H21N3. The van der Waals surface area contributed by atoms with Crippen molar-refractivity contribution >= 4 is 0 Å². The molecule has 3 nitrogen and oxygen atoms in total. The molecule has 1 aliphatic rings. The molecule has 3 N–H and O–H groups in total. The third-order valence-corrected chi connectivity index (χ3v) is 3.19. The number of hydrogen-bond acceptors (Lipinski definition) is 3. The SMILES string of the molecule is N[C@@H](CCN1CCNCC1)c1ccccc1. The van der Waals surface area contributed by atoms with Crippen molar-refractivity contribution in [2.75, 3.05) is 32.7 Å². The summed E-state index contributed by atoms with van der Waals surface area (Å²) in [5, 5.41) is 3.36. The van der Waals surface area contributed by atoms with Crippen molar-refractivity contribution in [1.82, 2.24) is 10.2 Å². The van der Waals surface area contributed by atoms with Gasteiger partial charge >= 0.3 is 0 Å². The third-order valence-electron chi connectivity index (χ3n) is 3.19. The van der Waals surface area contributed by atoms with E-state index in [-0.39, 0.29) is 6.04 Å². The van der Waals surface area contributed by atoms with E-state index in [9.17, 15) is 0 Å². The molecule has 1 saturated heterocycles. The highest BCUT2D eigenvalue weighted by Crippen LogP contribution is 2.13. The van der Waals surface area contributed by atoms with E-state index in [1.165, 1.54) is 5.56 Å². The van der Waals surface area contributed by atoms with Crippen molar-refractivity contribution in [3.8, 4) is 0 Å². The van der Waals surface area contributed by atoms with E-state index < -0.39 is 0 Å². The van der Waals surface area contributed by atoms with Crippen LogP contribution in [-0.2, 0) is 0 Å². The van der Waals surface area contributed by atoms with E-state index in [1.54, 1.807) is 0 Å². The molecule has 0 amide bonds. The molecule has 0 aliphatic carbocycles. The van der Waals surface area contributed by atoms with Crippen molar-refractivity contribution in [1.29, 1.82) is 0 Å². The molecule has 1 aliphatic heterocycles. The van der Waals surface area contributed by atoms with Crippen LogP contribution in [0.25, 0.3) is 0 Å². The summed E-state index contributed by atoms with van der Waals surface area (Å²) >= 11 is 0. The predicted octanol–water partition coefficient (Wildman–Crippen LogP) is 0.982. The first-order valence-electron chi connectivity index (χ1n) is 6.10. The highest BCUT2D eigenvalue weighted by Gasteiger charge is 2.11. The number of nitrogens with zero attached hydrogens (tertiary/aromatic N) is 1. The molecule has 1 atom stereocenters. The van der Waals surface area contributed by atoms with Gasteiger partial charge in [-0.3, -0.25) is 0 Å². The summed E-state index contributed by atoms with van der Waals surface area (Å²) in [4.78, 5) is 2.49. The number of benzene rings is 1. The maximum atomic E-state index is 6.17. The summed E-state index contributed by atoms with van der Waals surface area (Å²) in [6, 6.07) is 10.5. The van der Waals surface area contributed by atoms with Crippen LogP contribution in [-0.4, -0.2) is 37.6 Å². The van der Waals surface area contributed by atoms with Crippen LogP contribution in [0.4, 0.5) is 0 Å². The molecule has 1 heterocycles. The minimum absolute atomic E-state index is 0.177. The Morgan fingerprint density at radius 2 is 1.88 bits per heavy atom. The molecule has 0 bridgehead atoms. The normalized spacial score (nSPS) is 19.6. The first-order valence-corrected chi connectivity index (χ1v) is 6.10. The van der Waals surface area contributed by atoms with Gasteiger partial charge in [-0.1, -0.05) is 30.3 Å². The van der Waals surface area contributed by atoms with Crippen LogP contribution in [0.5, 0.6) is 0 Å². The number of nitrogens with one attached hydrogen (secondary N) is 1. The molecule has 1 aromatic rings. The van der Waals surface area contributed by atoms with Crippen molar-refractivity contribution in [2.24, 2.45) is 5.73 Å². The highest BCUT2D eigenvalue weighted by molar-refractivity contribution is 5.18. The maximum absolute atomic E-state index is 6.17. The summed E-state index contributed by atoms with van der Waals surface area (Å²) in [7, 11) is 0. The topological polar surface area (TPSA) is 41.3 Å². The first kappa shape index (κ1) is 11.6. The Morgan fingerprint density at radius 1 is 1.19 bits per heavy atom. The Bertz CT molecular complexity index is 293. The standard InChI is InChI=1S/C13H21N3/c14-13(12-4-2-1-3-5-12)6-9-16-10-7-15-8-11-16/h1-5,13,15H,6-11,14H2/t13-/m0/s1. The van der Waals surface area contributed by atoms with Crippen LogP contribution in [0.1, 0.15) is 18.0 Å². The molecule has 0 radical (unpaired) electrons. The smallest absolute Gasteiger partial charge is 0.0307 e. The number of piperazine rings is 1. The van der Waals surface area contributed by atoms with Crippen LogP contribution in [0, 0.1) is 0 Å². The van der Waals surface area contributed by atoms with E-state index in [4.69, 9.17) is 5.73 Å². The molecule has 1 fully saturated rings. The number of rotatable bonds is 4. The molecule has 0 aromatic heterocycles. The molecule has 88 valence electrons.